The third kappa shape index (κ3) is 16.0. The summed E-state index contributed by atoms with van der Waals surface area (Å²) >= 11 is 0. The molecule has 0 spiro atoms. The van der Waals surface area contributed by atoms with Crippen molar-refractivity contribution in [1.29, 1.82) is 0 Å². The Kier molecular flexibility index (Phi) is 16.4. The van der Waals surface area contributed by atoms with Crippen LogP contribution in [0.2, 0.25) is 0 Å². The molecular formula is C35H64N6O6. The van der Waals surface area contributed by atoms with Crippen LogP contribution in [-0.2, 0) is 24.0 Å². The molecule has 12 heteroatoms. The Bertz CT molecular complexity index is 1080. The van der Waals surface area contributed by atoms with Crippen molar-refractivity contribution in [1.82, 2.24) is 25.8 Å². The lowest BCUT2D eigenvalue weighted by atomic mass is 9.85. The number of likely N-dealkylation sites (N-methyl/N-ethyl adjacent to an activating group) is 1. The Labute approximate surface area is 283 Å². The maximum atomic E-state index is 13.6. The van der Waals surface area contributed by atoms with Crippen LogP contribution < -0.4 is 21.7 Å². The van der Waals surface area contributed by atoms with Crippen molar-refractivity contribution >= 4 is 35.4 Å². The number of carbonyl (C=O) groups is 6. The first-order valence-corrected chi connectivity index (χ1v) is 17.3. The van der Waals surface area contributed by atoms with Crippen LogP contribution >= 0.6 is 0 Å². The number of ketones is 1. The molecule has 3 aliphatic rings. The number of rotatable bonds is 11. The predicted octanol–water partition coefficient (Wildman–Crippen LogP) is 3.76. The van der Waals surface area contributed by atoms with E-state index < -0.39 is 53.1 Å². The molecule has 270 valence electrons. The fourth-order valence-electron chi connectivity index (χ4n) is 4.60. The van der Waals surface area contributed by atoms with Crippen molar-refractivity contribution in [2.75, 3.05) is 20.1 Å². The van der Waals surface area contributed by atoms with Crippen molar-refractivity contribution < 1.29 is 28.8 Å². The van der Waals surface area contributed by atoms with Gasteiger partial charge in [0, 0.05) is 19.6 Å². The Hall–Kier alpha value is -3.18. The molecule has 0 aromatic heterocycles. The van der Waals surface area contributed by atoms with E-state index in [1.165, 1.54) is 11.3 Å². The summed E-state index contributed by atoms with van der Waals surface area (Å²) < 4.78 is 0. The minimum absolute atomic E-state index is 0.186. The van der Waals surface area contributed by atoms with E-state index in [0.29, 0.717) is 31.2 Å². The molecule has 2 aliphatic carbocycles. The smallest absolute Gasteiger partial charge is 0.315 e. The maximum Gasteiger partial charge on any atom is 0.315 e. The molecule has 1 aliphatic heterocycles. The molecule has 2 saturated carbocycles. The van der Waals surface area contributed by atoms with Crippen molar-refractivity contribution in [3.63, 3.8) is 0 Å². The predicted molar refractivity (Wildman–Crippen MR) is 184 cm³/mol. The second kappa shape index (κ2) is 18.4. The minimum Gasteiger partial charge on any atom is -0.363 e. The molecule has 3 atom stereocenters. The van der Waals surface area contributed by atoms with Crippen LogP contribution in [0, 0.1) is 22.7 Å². The van der Waals surface area contributed by atoms with Crippen molar-refractivity contribution in [3.8, 4) is 0 Å². The van der Waals surface area contributed by atoms with E-state index >= 15 is 0 Å². The van der Waals surface area contributed by atoms with Crippen LogP contribution in [0.5, 0.6) is 0 Å². The summed E-state index contributed by atoms with van der Waals surface area (Å²) in [5, 5.41) is 7.86. The highest BCUT2D eigenvalue weighted by atomic mass is 16.2. The van der Waals surface area contributed by atoms with E-state index in [2.05, 4.69) is 64.4 Å². The van der Waals surface area contributed by atoms with Gasteiger partial charge in [0.1, 0.15) is 12.1 Å². The van der Waals surface area contributed by atoms with Gasteiger partial charge in [-0.15, -0.1) is 0 Å². The molecule has 3 fully saturated rings. The zero-order valence-electron chi connectivity index (χ0n) is 31.0. The van der Waals surface area contributed by atoms with Gasteiger partial charge in [-0.05, 0) is 54.8 Å². The Morgan fingerprint density at radius 2 is 1.43 bits per heavy atom. The van der Waals surface area contributed by atoms with Crippen molar-refractivity contribution in [2.24, 2.45) is 28.4 Å². The van der Waals surface area contributed by atoms with Gasteiger partial charge in [0.05, 0.1) is 12.6 Å². The van der Waals surface area contributed by atoms with Gasteiger partial charge in [0.2, 0.25) is 23.5 Å². The van der Waals surface area contributed by atoms with Crippen molar-refractivity contribution in [3.05, 3.63) is 0 Å². The topological polar surface area (TPSA) is 171 Å². The highest BCUT2D eigenvalue weighted by Crippen LogP contribution is 2.34. The molecule has 6 amide bonds. The monoisotopic (exact) mass is 664 g/mol. The lowest BCUT2D eigenvalue weighted by Gasteiger charge is -2.35. The molecule has 0 bridgehead atoms. The van der Waals surface area contributed by atoms with Crippen LogP contribution in [0.3, 0.4) is 0 Å². The number of hydrogen-bond donors (Lipinski definition) is 4. The fraction of sp³-hybridized carbons (Fsp3) is 0.829. The van der Waals surface area contributed by atoms with Gasteiger partial charge in [-0.25, -0.2) is 4.79 Å². The van der Waals surface area contributed by atoms with Crippen molar-refractivity contribution in [2.45, 2.75) is 145 Å². The second-order valence-electron chi connectivity index (χ2n) is 16.2. The number of nitrogens with zero attached hydrogens (tertiary/aromatic N) is 2. The highest BCUT2D eigenvalue weighted by Gasteiger charge is 2.43. The highest BCUT2D eigenvalue weighted by molar-refractivity contribution is 6.37. The summed E-state index contributed by atoms with van der Waals surface area (Å²) in [6, 6.07) is -3.24. The maximum absolute atomic E-state index is 13.6. The van der Waals surface area contributed by atoms with Gasteiger partial charge in [-0.2, -0.15) is 0 Å². The number of hydrogen-bond acceptors (Lipinski definition) is 6. The number of carbonyl (C=O) groups excluding carboxylic acids is 6. The number of nitrogens with two attached hydrogens (primary N) is 1. The van der Waals surface area contributed by atoms with E-state index in [4.69, 9.17) is 5.73 Å². The zero-order chi connectivity index (χ0) is 36.3. The van der Waals surface area contributed by atoms with E-state index in [1.54, 1.807) is 32.7 Å². The Morgan fingerprint density at radius 1 is 0.894 bits per heavy atom. The quantitative estimate of drug-likeness (QED) is 0.245. The summed E-state index contributed by atoms with van der Waals surface area (Å²) in [4.78, 5) is 78.4. The first-order chi connectivity index (χ1) is 21.6. The van der Waals surface area contributed by atoms with Gasteiger partial charge in [0.15, 0.2) is 0 Å². The van der Waals surface area contributed by atoms with Crippen LogP contribution in [-0.4, -0.2) is 89.5 Å². The van der Waals surface area contributed by atoms with Gasteiger partial charge < -0.3 is 31.5 Å². The lowest BCUT2D eigenvalue weighted by Crippen LogP contribution is -2.60. The minimum atomic E-state index is -1.10. The molecular weight excluding hydrogens is 600 g/mol. The third-order valence-electron chi connectivity index (χ3n) is 8.32. The van der Waals surface area contributed by atoms with Gasteiger partial charge in [-0.1, -0.05) is 88.5 Å². The van der Waals surface area contributed by atoms with E-state index in [-0.39, 0.29) is 24.4 Å². The molecule has 47 heavy (non-hydrogen) atoms. The van der Waals surface area contributed by atoms with Crippen LogP contribution in [0.15, 0.2) is 0 Å². The molecule has 3 rings (SSSR count). The molecule has 0 aromatic rings. The normalized spacial score (nSPS) is 18.8. The van der Waals surface area contributed by atoms with Crippen LogP contribution in [0.1, 0.15) is 121 Å². The summed E-state index contributed by atoms with van der Waals surface area (Å²) in [6.07, 6.45) is 6.35. The largest absolute Gasteiger partial charge is 0.363 e. The number of nitrogens with one attached hydrogen (secondary N) is 3. The molecule has 1 heterocycles. The number of Topliss-reactive ketones (excluding diaryl/α,β-unsaturated/α-hetero) is 1. The first-order valence-electron chi connectivity index (χ1n) is 17.3. The number of primary amides is 1. The lowest BCUT2D eigenvalue weighted by molar-refractivity contribution is -0.143. The van der Waals surface area contributed by atoms with E-state index in [1.807, 2.05) is 0 Å². The SMILES string of the molecule is CC(C)C.CCC(C)(C)C.CN(C(=O)CNC(=O)NC(C(=O)N1CCCC1C(=O)NC(CC1CC1)C(=O)C(N)=O)C(C)(C)C)C1CC1. The molecule has 12 nitrogen and oxygen atoms in total. The van der Waals surface area contributed by atoms with Crippen LogP contribution in [0.4, 0.5) is 4.79 Å². The van der Waals surface area contributed by atoms with Gasteiger partial charge in [-0.3, -0.25) is 24.0 Å². The summed E-state index contributed by atoms with van der Waals surface area (Å²) in [6.45, 7) is 21.0. The molecule has 3 unspecified atom stereocenters. The summed E-state index contributed by atoms with van der Waals surface area (Å²) in [5.41, 5.74) is 5.03. The molecule has 1 saturated heterocycles. The number of likely N-dealkylation sites (tertiary alicyclic amines) is 1. The van der Waals surface area contributed by atoms with Gasteiger partial charge >= 0.3 is 6.03 Å². The number of amides is 6. The number of urea groups is 1. The Morgan fingerprint density at radius 3 is 1.85 bits per heavy atom. The van der Waals surface area contributed by atoms with E-state index in [0.717, 1.165) is 31.6 Å². The van der Waals surface area contributed by atoms with E-state index in [9.17, 15) is 28.8 Å². The van der Waals surface area contributed by atoms with Crippen LogP contribution in [0.25, 0.3) is 0 Å². The fourth-order valence-corrected chi connectivity index (χ4v) is 4.60. The first kappa shape index (κ1) is 41.8. The molecule has 5 N–H and O–H groups in total. The zero-order valence-corrected chi connectivity index (χ0v) is 31.0. The second-order valence-corrected chi connectivity index (χ2v) is 16.2. The molecule has 0 radical (unpaired) electrons. The standard InChI is InChI=1S/C25H40N6O6.C6H14.C4H10/c1-25(2,3)20(29-24(37)27-13-18(32)30(4)15-9-10-15)23(36)31-11-5-6-17(31)22(35)28-16(12-14-7-8-14)19(33)21(26)34;1-5-6(2,3)4;1-4(2)3/h14-17,20H,5-13H2,1-4H3,(H2,26,34)(H,28,35)(H2,27,29,37);5H2,1-4H3;4H,1-3H3. The third-order valence-corrected chi connectivity index (χ3v) is 8.32. The summed E-state index contributed by atoms with van der Waals surface area (Å²) in [7, 11) is 1.70. The summed E-state index contributed by atoms with van der Waals surface area (Å²) in [5.74, 6) is -2.00. The average molecular weight is 665 g/mol. The average Bonchev–Trinajstić information content (AvgIpc) is 3.90. The molecule has 0 aromatic carbocycles. The Balaban J connectivity index is 0.000000962. The van der Waals surface area contributed by atoms with Gasteiger partial charge in [0.25, 0.3) is 5.91 Å².